The van der Waals surface area contributed by atoms with E-state index in [4.69, 9.17) is 10.1 Å². The minimum atomic E-state index is -0.353. The van der Waals surface area contributed by atoms with Gasteiger partial charge >= 0.3 is 0 Å². The average molecular weight is 469 g/mol. The van der Waals surface area contributed by atoms with E-state index in [-0.39, 0.29) is 16.7 Å². The Morgan fingerprint density at radius 1 is 1.00 bits per heavy atom. The second-order valence-electron chi connectivity index (χ2n) is 8.66. The third-order valence-corrected chi connectivity index (χ3v) is 6.95. The lowest BCUT2D eigenvalue weighted by molar-refractivity contribution is -0.384. The van der Waals surface area contributed by atoms with E-state index >= 15 is 0 Å². The van der Waals surface area contributed by atoms with Gasteiger partial charge < -0.3 is 0 Å². The van der Waals surface area contributed by atoms with Crippen molar-refractivity contribution in [2.45, 2.75) is 33.2 Å². The number of benzene rings is 3. The van der Waals surface area contributed by atoms with E-state index in [1.54, 1.807) is 12.1 Å². The Labute approximate surface area is 202 Å². The van der Waals surface area contributed by atoms with Crippen molar-refractivity contribution in [1.82, 2.24) is 4.98 Å². The lowest BCUT2D eigenvalue weighted by atomic mass is 9.95. The number of non-ortho nitro benzene ring substituents is 1. The smallest absolute Gasteiger partial charge is 0.258 e. The Morgan fingerprint density at radius 3 is 2.53 bits per heavy atom. The number of hydrogen-bond acceptors (Lipinski definition) is 6. The Hall–Kier alpha value is -3.84. The number of thiazole rings is 1. The van der Waals surface area contributed by atoms with E-state index < -0.39 is 0 Å². The number of nitro benzene ring substituents is 1. The Balaban J connectivity index is 1.57. The van der Waals surface area contributed by atoms with Crippen molar-refractivity contribution >= 4 is 27.9 Å². The maximum atomic E-state index is 11.4. The Kier molecular flexibility index (Phi) is 5.71. The molecular weight excluding hydrogens is 444 g/mol. The minimum absolute atomic E-state index is 0.0807. The van der Waals surface area contributed by atoms with Crippen LogP contribution < -0.4 is 5.01 Å². The van der Waals surface area contributed by atoms with E-state index in [1.165, 1.54) is 28.5 Å². The van der Waals surface area contributed by atoms with E-state index in [1.807, 2.05) is 16.5 Å². The number of aromatic nitrogens is 1. The van der Waals surface area contributed by atoms with Crippen LogP contribution in [0.3, 0.4) is 0 Å². The summed E-state index contributed by atoms with van der Waals surface area (Å²) < 4.78 is 0. The normalized spacial score (nSPS) is 15.4. The molecule has 4 aromatic rings. The summed E-state index contributed by atoms with van der Waals surface area (Å²) in [5.74, 6) is 0. The van der Waals surface area contributed by atoms with E-state index in [0.717, 1.165) is 38.8 Å². The molecule has 0 saturated carbocycles. The van der Waals surface area contributed by atoms with E-state index in [2.05, 4.69) is 63.2 Å². The van der Waals surface area contributed by atoms with Gasteiger partial charge in [0.1, 0.15) is 0 Å². The maximum absolute atomic E-state index is 11.4. The zero-order chi connectivity index (χ0) is 23.8. The third kappa shape index (κ3) is 4.22. The number of nitrogens with zero attached hydrogens (tertiary/aromatic N) is 4. The molecule has 1 aliphatic heterocycles. The van der Waals surface area contributed by atoms with Crippen molar-refractivity contribution in [3.8, 4) is 11.3 Å². The molecule has 1 atom stereocenters. The number of nitro groups is 1. The summed E-state index contributed by atoms with van der Waals surface area (Å²) >= 11 is 1.53. The summed E-state index contributed by atoms with van der Waals surface area (Å²) in [6.45, 7) is 6.22. The number of aryl methyl sites for hydroxylation is 3. The molecule has 0 unspecified atom stereocenters. The molecule has 3 aromatic carbocycles. The molecule has 0 saturated heterocycles. The first-order chi connectivity index (χ1) is 16.4. The van der Waals surface area contributed by atoms with E-state index in [9.17, 15) is 10.1 Å². The molecule has 1 aromatic heterocycles. The predicted octanol–water partition coefficient (Wildman–Crippen LogP) is 7.00. The molecule has 1 aliphatic rings. The Morgan fingerprint density at radius 2 is 1.76 bits per heavy atom. The van der Waals surface area contributed by atoms with E-state index in [0.29, 0.717) is 6.42 Å². The van der Waals surface area contributed by atoms with Crippen LogP contribution in [-0.4, -0.2) is 15.6 Å². The highest BCUT2D eigenvalue weighted by Crippen LogP contribution is 2.40. The standard InChI is InChI=1S/C27H24N4O2S/c1-17-8-11-20(12-9-17)25-16-34-27(28-25)30-26(21-5-4-6-22(14-21)31(32)33)15-24(29-30)23-13-18(2)7-10-19(23)3/h4-14,16,26H,15H2,1-3H3/t26-/m0/s1. The SMILES string of the molecule is Cc1ccc(-c2csc(N3N=C(c4cc(C)ccc4C)C[C@H]3c3cccc([N+](=O)[O-])c3)n2)cc1. The molecule has 0 aliphatic carbocycles. The van der Waals surface area contributed by atoms with Gasteiger partial charge in [-0.2, -0.15) is 5.10 Å². The van der Waals surface area contributed by atoms with Gasteiger partial charge in [0.05, 0.1) is 22.4 Å². The highest BCUT2D eigenvalue weighted by molar-refractivity contribution is 7.14. The number of rotatable bonds is 5. The second kappa shape index (κ2) is 8.83. The fourth-order valence-corrected chi connectivity index (χ4v) is 5.06. The monoisotopic (exact) mass is 468 g/mol. The molecule has 0 N–H and O–H groups in total. The van der Waals surface area contributed by atoms with Crippen molar-refractivity contribution in [2.75, 3.05) is 5.01 Å². The summed E-state index contributed by atoms with van der Waals surface area (Å²) in [4.78, 5) is 16.0. The van der Waals surface area contributed by atoms with Crippen LogP contribution in [0.1, 0.15) is 40.3 Å². The molecule has 5 rings (SSSR count). The summed E-state index contributed by atoms with van der Waals surface area (Å²) in [6.07, 6.45) is 0.644. The van der Waals surface area contributed by atoms with Gasteiger partial charge in [-0.15, -0.1) is 11.3 Å². The summed E-state index contributed by atoms with van der Waals surface area (Å²) in [5.41, 5.74) is 8.48. The first kappa shape index (κ1) is 22.0. The molecular formula is C27H24N4O2S. The van der Waals surface area contributed by atoms with Crippen LogP contribution in [0.2, 0.25) is 0 Å². The molecule has 0 bridgehead atoms. The first-order valence-corrected chi connectivity index (χ1v) is 12.0. The van der Waals surface area contributed by atoms with Gasteiger partial charge in [0, 0.05) is 35.1 Å². The first-order valence-electron chi connectivity index (χ1n) is 11.1. The molecule has 0 amide bonds. The van der Waals surface area contributed by atoms with Crippen LogP contribution >= 0.6 is 11.3 Å². The molecule has 34 heavy (non-hydrogen) atoms. The average Bonchev–Trinajstić information content (AvgIpc) is 3.49. The number of anilines is 1. The van der Waals surface area contributed by atoms with Gasteiger partial charge in [-0.25, -0.2) is 9.99 Å². The fourth-order valence-electron chi connectivity index (χ4n) is 4.23. The van der Waals surface area contributed by atoms with Crippen molar-refractivity contribution in [3.63, 3.8) is 0 Å². The van der Waals surface area contributed by atoms with Gasteiger partial charge in [-0.3, -0.25) is 10.1 Å². The van der Waals surface area contributed by atoms with Crippen molar-refractivity contribution in [3.05, 3.63) is 110 Å². The molecule has 170 valence electrons. The second-order valence-corrected chi connectivity index (χ2v) is 9.50. The molecule has 0 fully saturated rings. The number of hydrogen-bond donors (Lipinski definition) is 0. The van der Waals surface area contributed by atoms with Crippen LogP contribution in [-0.2, 0) is 0 Å². The topological polar surface area (TPSA) is 71.6 Å². The van der Waals surface area contributed by atoms with Crippen LogP contribution in [0.25, 0.3) is 11.3 Å². The summed E-state index contributed by atoms with van der Waals surface area (Å²) in [7, 11) is 0. The Bertz CT molecular complexity index is 1410. The highest BCUT2D eigenvalue weighted by atomic mass is 32.1. The van der Waals surface area contributed by atoms with Crippen LogP contribution in [0.5, 0.6) is 0 Å². The zero-order valence-corrected chi connectivity index (χ0v) is 20.0. The largest absolute Gasteiger partial charge is 0.269 e. The van der Waals surface area contributed by atoms with Gasteiger partial charge in [-0.05, 0) is 38.0 Å². The van der Waals surface area contributed by atoms with Crippen molar-refractivity contribution < 1.29 is 4.92 Å². The van der Waals surface area contributed by atoms with Crippen molar-refractivity contribution in [2.24, 2.45) is 5.10 Å². The quantitative estimate of drug-likeness (QED) is 0.233. The van der Waals surface area contributed by atoms with Crippen LogP contribution in [0, 0.1) is 30.9 Å². The molecule has 7 heteroatoms. The molecule has 0 spiro atoms. The maximum Gasteiger partial charge on any atom is 0.269 e. The fraction of sp³-hybridized carbons (Fsp3) is 0.185. The lowest BCUT2D eigenvalue weighted by Gasteiger charge is -2.21. The molecule has 6 nitrogen and oxygen atoms in total. The number of hydrazone groups is 1. The van der Waals surface area contributed by atoms with Crippen LogP contribution in [0.4, 0.5) is 10.8 Å². The zero-order valence-electron chi connectivity index (χ0n) is 19.2. The summed E-state index contributed by atoms with van der Waals surface area (Å²) in [5, 5.41) is 21.2. The minimum Gasteiger partial charge on any atom is -0.258 e. The van der Waals surface area contributed by atoms with Gasteiger partial charge in [0.25, 0.3) is 5.69 Å². The van der Waals surface area contributed by atoms with Gasteiger partial charge in [0.15, 0.2) is 0 Å². The molecule has 0 radical (unpaired) electrons. The predicted molar refractivity (Wildman–Crippen MR) is 138 cm³/mol. The summed E-state index contributed by atoms with van der Waals surface area (Å²) in [6, 6.07) is 21.3. The highest BCUT2D eigenvalue weighted by Gasteiger charge is 2.33. The molecule has 2 heterocycles. The van der Waals surface area contributed by atoms with Gasteiger partial charge in [-0.1, -0.05) is 59.7 Å². The third-order valence-electron chi connectivity index (χ3n) is 6.12. The van der Waals surface area contributed by atoms with Crippen molar-refractivity contribution in [1.29, 1.82) is 0 Å². The van der Waals surface area contributed by atoms with Gasteiger partial charge in [0.2, 0.25) is 5.13 Å². The lowest BCUT2D eigenvalue weighted by Crippen LogP contribution is -2.18. The van der Waals surface area contributed by atoms with Crippen LogP contribution in [0.15, 0.2) is 77.2 Å².